The second-order valence-corrected chi connectivity index (χ2v) is 5.01. The van der Waals surface area contributed by atoms with Crippen molar-refractivity contribution in [2.45, 2.75) is 6.92 Å². The molecule has 0 bridgehead atoms. The van der Waals surface area contributed by atoms with Gasteiger partial charge in [-0.05, 0) is 30.7 Å². The van der Waals surface area contributed by atoms with Crippen LogP contribution in [0.1, 0.15) is 17.5 Å². The van der Waals surface area contributed by atoms with Crippen molar-refractivity contribution in [3.05, 3.63) is 28.8 Å². The Bertz CT molecular complexity index is 654. The highest BCUT2D eigenvalue weighted by Gasteiger charge is 2.14. The molecule has 0 fully saturated rings. The topological polar surface area (TPSA) is 79.5 Å². The Morgan fingerprint density at radius 3 is 3.00 bits per heavy atom. The van der Waals surface area contributed by atoms with Crippen LogP contribution in [0.25, 0.3) is 11.8 Å². The molecule has 3 rings (SSSR count). The van der Waals surface area contributed by atoms with Gasteiger partial charge >= 0.3 is 0 Å². The van der Waals surface area contributed by atoms with E-state index in [0.717, 1.165) is 17.1 Å². The summed E-state index contributed by atoms with van der Waals surface area (Å²) in [7, 11) is 0. The molecule has 2 N–H and O–H groups in total. The van der Waals surface area contributed by atoms with Crippen molar-refractivity contribution in [2.75, 3.05) is 19.1 Å². The largest absolute Gasteiger partial charge is 0.491 e. The first-order valence-electron chi connectivity index (χ1n) is 6.10. The van der Waals surface area contributed by atoms with Crippen molar-refractivity contribution in [1.82, 2.24) is 10.2 Å². The minimum Gasteiger partial charge on any atom is -0.491 e. The predicted molar refractivity (Wildman–Crippen MR) is 76.4 cm³/mol. The van der Waals surface area contributed by atoms with Crippen molar-refractivity contribution in [2.24, 2.45) is 0 Å². The van der Waals surface area contributed by atoms with Gasteiger partial charge in [-0.3, -0.25) is 0 Å². The van der Waals surface area contributed by atoms with Gasteiger partial charge in [0.1, 0.15) is 0 Å². The van der Waals surface area contributed by atoms with Crippen molar-refractivity contribution < 1.29 is 14.2 Å². The van der Waals surface area contributed by atoms with Crippen LogP contribution in [0, 0.1) is 0 Å². The summed E-state index contributed by atoms with van der Waals surface area (Å²) in [6.45, 7) is 2.71. The molecule has 6 nitrogen and oxygen atoms in total. The zero-order chi connectivity index (χ0) is 13.9. The van der Waals surface area contributed by atoms with Gasteiger partial charge in [0, 0.05) is 0 Å². The molecular formula is C13H13N3O3S. The molecule has 0 radical (unpaired) electrons. The third kappa shape index (κ3) is 2.53. The molecule has 20 heavy (non-hydrogen) atoms. The lowest BCUT2D eigenvalue weighted by atomic mass is 10.2. The molecule has 2 heterocycles. The van der Waals surface area contributed by atoms with Crippen molar-refractivity contribution in [1.29, 1.82) is 0 Å². The minimum atomic E-state index is 0.258. The van der Waals surface area contributed by atoms with Crippen LogP contribution in [-0.2, 0) is 4.74 Å². The molecule has 0 spiro atoms. The van der Waals surface area contributed by atoms with Crippen LogP contribution in [0.5, 0.6) is 11.5 Å². The summed E-state index contributed by atoms with van der Waals surface area (Å²) in [6, 6.07) is 5.69. The van der Waals surface area contributed by atoms with Crippen LogP contribution in [0.2, 0.25) is 0 Å². The molecule has 0 amide bonds. The molecule has 1 aromatic heterocycles. The van der Waals surface area contributed by atoms with E-state index in [1.165, 1.54) is 11.3 Å². The molecule has 1 aliphatic rings. The minimum absolute atomic E-state index is 0.258. The zero-order valence-corrected chi connectivity index (χ0v) is 11.6. The Morgan fingerprint density at radius 2 is 2.25 bits per heavy atom. The number of ether oxygens (including phenoxy) is 3. The van der Waals surface area contributed by atoms with E-state index in [-0.39, 0.29) is 6.79 Å². The number of nitrogens with two attached hydrogens (primary N) is 1. The molecule has 0 atom stereocenters. The number of fused-ring (bicyclic) bond motifs is 1. The van der Waals surface area contributed by atoms with Crippen LogP contribution in [0.15, 0.2) is 18.2 Å². The van der Waals surface area contributed by atoms with Crippen LogP contribution in [-0.4, -0.2) is 23.6 Å². The lowest BCUT2D eigenvalue weighted by Gasteiger charge is -2.05. The quantitative estimate of drug-likeness (QED) is 0.871. The molecular weight excluding hydrogens is 278 g/mol. The number of benzene rings is 1. The maximum Gasteiger partial charge on any atom is 0.231 e. The van der Waals surface area contributed by atoms with E-state index in [1.54, 1.807) is 0 Å². The summed E-state index contributed by atoms with van der Waals surface area (Å²) in [5, 5.41) is 8.87. The maximum absolute atomic E-state index is 5.61. The molecule has 1 aliphatic heterocycles. The third-order valence-electron chi connectivity index (χ3n) is 2.65. The highest BCUT2D eigenvalue weighted by molar-refractivity contribution is 7.16. The number of hydrogen-bond donors (Lipinski definition) is 1. The number of hydrogen-bond acceptors (Lipinski definition) is 7. The van der Waals surface area contributed by atoms with E-state index in [0.29, 0.717) is 22.5 Å². The van der Waals surface area contributed by atoms with Gasteiger partial charge in [0.05, 0.1) is 6.61 Å². The summed E-state index contributed by atoms with van der Waals surface area (Å²) in [6.07, 6.45) is 1.88. The van der Waals surface area contributed by atoms with E-state index in [4.69, 9.17) is 19.9 Å². The van der Waals surface area contributed by atoms with E-state index in [1.807, 2.05) is 31.2 Å². The molecule has 104 valence electrons. The van der Waals surface area contributed by atoms with Gasteiger partial charge in [-0.25, -0.2) is 0 Å². The molecule has 0 saturated heterocycles. The Balaban J connectivity index is 1.94. The lowest BCUT2D eigenvalue weighted by Crippen LogP contribution is -1.93. The van der Waals surface area contributed by atoms with Gasteiger partial charge in [0.2, 0.25) is 11.9 Å². The maximum atomic E-state index is 5.61. The molecule has 2 aromatic rings. The van der Waals surface area contributed by atoms with Crippen molar-refractivity contribution >= 4 is 28.3 Å². The van der Waals surface area contributed by atoms with Crippen molar-refractivity contribution in [3.8, 4) is 11.5 Å². The number of anilines is 1. The van der Waals surface area contributed by atoms with Crippen LogP contribution in [0.3, 0.4) is 0 Å². The Kier molecular flexibility index (Phi) is 3.42. The van der Waals surface area contributed by atoms with E-state index >= 15 is 0 Å². The molecule has 0 unspecified atom stereocenters. The fourth-order valence-electron chi connectivity index (χ4n) is 1.81. The zero-order valence-electron chi connectivity index (χ0n) is 10.8. The van der Waals surface area contributed by atoms with Gasteiger partial charge in [-0.2, -0.15) is 0 Å². The smallest absolute Gasteiger partial charge is 0.231 e. The monoisotopic (exact) mass is 291 g/mol. The van der Waals surface area contributed by atoms with E-state index in [2.05, 4.69) is 10.2 Å². The normalized spacial score (nSPS) is 13.6. The lowest BCUT2D eigenvalue weighted by molar-refractivity contribution is 0.174. The molecule has 0 saturated carbocycles. The standard InChI is InChI=1S/C13H13N3O3S/c1-2-17-11(12-15-16-13(14)20-12)6-8-3-4-9-10(5-8)19-7-18-9/h3-6H,2,7H2,1H3,(H2,14,16)/b11-6-. The number of nitrogens with zero attached hydrogens (tertiary/aromatic N) is 2. The van der Waals surface area contributed by atoms with Gasteiger partial charge in [0.25, 0.3) is 0 Å². The van der Waals surface area contributed by atoms with Crippen LogP contribution >= 0.6 is 11.3 Å². The number of rotatable bonds is 4. The first kappa shape index (κ1) is 12.7. The van der Waals surface area contributed by atoms with Crippen molar-refractivity contribution in [3.63, 3.8) is 0 Å². The number of nitrogen functional groups attached to an aromatic ring is 1. The van der Waals surface area contributed by atoms with Crippen LogP contribution < -0.4 is 15.2 Å². The average Bonchev–Trinajstić information content (AvgIpc) is 3.06. The highest BCUT2D eigenvalue weighted by atomic mass is 32.1. The molecule has 1 aromatic carbocycles. The number of aromatic nitrogens is 2. The molecule has 7 heteroatoms. The van der Waals surface area contributed by atoms with E-state index < -0.39 is 0 Å². The third-order valence-corrected chi connectivity index (χ3v) is 3.41. The summed E-state index contributed by atoms with van der Waals surface area (Å²) in [4.78, 5) is 0. The van der Waals surface area contributed by atoms with Crippen LogP contribution in [0.4, 0.5) is 5.13 Å². The summed E-state index contributed by atoms with van der Waals surface area (Å²) in [5.74, 6) is 2.12. The van der Waals surface area contributed by atoms with Gasteiger partial charge in [-0.1, -0.05) is 17.4 Å². The fraction of sp³-hybridized carbons (Fsp3) is 0.231. The first-order valence-corrected chi connectivity index (χ1v) is 6.91. The Morgan fingerprint density at radius 1 is 1.40 bits per heavy atom. The Hall–Kier alpha value is -2.28. The highest BCUT2D eigenvalue weighted by Crippen LogP contribution is 2.34. The van der Waals surface area contributed by atoms with Gasteiger partial charge in [0.15, 0.2) is 22.3 Å². The second-order valence-electron chi connectivity index (χ2n) is 4.00. The SMILES string of the molecule is CCO/C(=C\c1ccc2c(c1)OCO2)c1nnc(N)s1. The van der Waals surface area contributed by atoms with Gasteiger partial charge in [-0.15, -0.1) is 10.2 Å². The Labute approximate surface area is 119 Å². The summed E-state index contributed by atoms with van der Waals surface area (Å²) in [5.41, 5.74) is 6.54. The summed E-state index contributed by atoms with van der Waals surface area (Å²) < 4.78 is 16.2. The summed E-state index contributed by atoms with van der Waals surface area (Å²) >= 11 is 1.29. The van der Waals surface area contributed by atoms with E-state index in [9.17, 15) is 0 Å². The first-order chi connectivity index (χ1) is 9.76. The molecule has 0 aliphatic carbocycles. The average molecular weight is 291 g/mol. The predicted octanol–water partition coefficient (Wildman–Crippen LogP) is 2.38. The fourth-order valence-corrected chi connectivity index (χ4v) is 2.39. The van der Waals surface area contributed by atoms with Gasteiger partial charge < -0.3 is 19.9 Å². The second kappa shape index (κ2) is 5.38.